The average Bonchev–Trinajstić information content (AvgIpc) is 2.89. The highest BCUT2D eigenvalue weighted by Crippen LogP contribution is 2.21. The Balaban J connectivity index is 1.84. The summed E-state index contributed by atoms with van der Waals surface area (Å²) in [6, 6.07) is 2.82. The number of benzene rings is 1. The van der Waals surface area contributed by atoms with Crippen LogP contribution in [0.15, 0.2) is 28.9 Å². The minimum atomic E-state index is -1.12. The fraction of sp³-hybridized carbons (Fsp3) is 0.154. The van der Waals surface area contributed by atoms with Gasteiger partial charge in [-0.2, -0.15) is 4.68 Å². The van der Waals surface area contributed by atoms with E-state index in [1.165, 1.54) is 12.3 Å². The van der Waals surface area contributed by atoms with Crippen LogP contribution in [-0.4, -0.2) is 33.1 Å². The van der Waals surface area contributed by atoms with Crippen LogP contribution in [0.3, 0.4) is 0 Å². The van der Waals surface area contributed by atoms with Gasteiger partial charge in [0.1, 0.15) is 11.0 Å². The van der Waals surface area contributed by atoms with Crippen LogP contribution >= 0.6 is 15.9 Å². The van der Waals surface area contributed by atoms with Crippen molar-refractivity contribution in [2.75, 3.05) is 11.9 Å². The second-order valence-corrected chi connectivity index (χ2v) is 5.56. The summed E-state index contributed by atoms with van der Waals surface area (Å²) in [7, 11) is 0. The summed E-state index contributed by atoms with van der Waals surface area (Å²) in [6.45, 7) is -0.771. The van der Waals surface area contributed by atoms with Gasteiger partial charge in [-0.15, -0.1) is 0 Å². The maximum Gasteiger partial charge on any atom is 0.404 e. The summed E-state index contributed by atoms with van der Waals surface area (Å²) in [5, 5.41) is 18.8. The molecule has 2 amide bonds. The average molecular weight is 418 g/mol. The zero-order chi connectivity index (χ0) is 18.6. The number of anilines is 1. The van der Waals surface area contributed by atoms with Crippen molar-refractivity contribution in [1.82, 2.24) is 15.1 Å². The van der Waals surface area contributed by atoms with Gasteiger partial charge >= 0.3 is 5.82 Å². The molecule has 0 unspecified atom stereocenters. The molecule has 12 heteroatoms. The van der Waals surface area contributed by atoms with Crippen LogP contribution in [-0.2, 0) is 16.1 Å². The second-order valence-electron chi connectivity index (χ2n) is 4.71. The van der Waals surface area contributed by atoms with Crippen molar-refractivity contribution in [3.63, 3.8) is 0 Å². The van der Waals surface area contributed by atoms with Gasteiger partial charge in [0, 0.05) is 11.8 Å². The van der Waals surface area contributed by atoms with E-state index in [1.807, 2.05) is 0 Å². The molecule has 2 rings (SSSR count). The van der Waals surface area contributed by atoms with Crippen molar-refractivity contribution in [3.8, 4) is 0 Å². The molecule has 25 heavy (non-hydrogen) atoms. The predicted octanol–water partition coefficient (Wildman–Crippen LogP) is 1.59. The van der Waals surface area contributed by atoms with Gasteiger partial charge in [0.2, 0.25) is 11.8 Å². The van der Waals surface area contributed by atoms with Gasteiger partial charge in [0.15, 0.2) is 11.6 Å². The minimum absolute atomic E-state index is 0.0322. The molecule has 9 nitrogen and oxygen atoms in total. The molecule has 1 aromatic heterocycles. The van der Waals surface area contributed by atoms with E-state index in [-0.39, 0.29) is 16.7 Å². The van der Waals surface area contributed by atoms with Crippen molar-refractivity contribution >= 4 is 39.2 Å². The molecule has 132 valence electrons. The van der Waals surface area contributed by atoms with Gasteiger partial charge in [0.25, 0.3) is 0 Å². The van der Waals surface area contributed by atoms with Gasteiger partial charge in [-0.05, 0) is 33.0 Å². The lowest BCUT2D eigenvalue weighted by molar-refractivity contribution is -0.390. The zero-order valence-corrected chi connectivity index (χ0v) is 13.9. The smallest absolute Gasteiger partial charge is 0.358 e. The minimum Gasteiger partial charge on any atom is -0.358 e. The van der Waals surface area contributed by atoms with E-state index in [1.54, 1.807) is 0 Å². The van der Waals surface area contributed by atoms with Crippen LogP contribution in [0.5, 0.6) is 0 Å². The number of amides is 2. The number of carbonyl (C=O) groups excluding carboxylic acids is 2. The first kappa shape index (κ1) is 18.4. The van der Waals surface area contributed by atoms with E-state index in [2.05, 4.69) is 31.7 Å². The molecule has 2 N–H and O–H groups in total. The number of hydrogen-bond donors (Lipinski definition) is 2. The molecule has 0 spiro atoms. The number of nitrogens with one attached hydrogen (secondary N) is 2. The topological polar surface area (TPSA) is 119 Å². The molecule has 0 atom stereocenters. The molecule has 0 aliphatic carbocycles. The number of nitro groups is 1. The number of nitrogens with zero attached hydrogens (tertiary/aromatic N) is 3. The zero-order valence-electron chi connectivity index (χ0n) is 12.3. The number of carbonyl (C=O) groups is 2. The second kappa shape index (κ2) is 7.79. The van der Waals surface area contributed by atoms with E-state index < -0.39 is 40.7 Å². The Morgan fingerprint density at radius 1 is 1.28 bits per heavy atom. The van der Waals surface area contributed by atoms with E-state index in [0.717, 1.165) is 16.8 Å². The van der Waals surface area contributed by atoms with Crippen LogP contribution in [0, 0.1) is 21.7 Å². The lowest BCUT2D eigenvalue weighted by Crippen LogP contribution is -2.35. The molecule has 0 aliphatic rings. The summed E-state index contributed by atoms with van der Waals surface area (Å²) < 4.78 is 26.9. The van der Waals surface area contributed by atoms with Crippen molar-refractivity contribution in [3.05, 3.63) is 50.6 Å². The van der Waals surface area contributed by atoms with E-state index in [9.17, 15) is 28.5 Å². The lowest BCUT2D eigenvalue weighted by Gasteiger charge is -2.06. The third-order valence-electron chi connectivity index (χ3n) is 2.83. The highest BCUT2D eigenvalue weighted by Gasteiger charge is 2.20. The first-order valence-electron chi connectivity index (χ1n) is 6.65. The molecule has 1 heterocycles. The van der Waals surface area contributed by atoms with Gasteiger partial charge in [-0.25, -0.2) is 8.78 Å². The van der Waals surface area contributed by atoms with E-state index in [4.69, 9.17) is 0 Å². The van der Waals surface area contributed by atoms with E-state index in [0.29, 0.717) is 0 Å². The maximum absolute atomic E-state index is 13.0. The van der Waals surface area contributed by atoms with Crippen LogP contribution in [0.4, 0.5) is 20.3 Å². The van der Waals surface area contributed by atoms with Crippen molar-refractivity contribution in [2.45, 2.75) is 6.54 Å². The van der Waals surface area contributed by atoms with Gasteiger partial charge < -0.3 is 20.7 Å². The monoisotopic (exact) mass is 417 g/mol. The Bertz CT molecular complexity index is 842. The fourth-order valence-corrected chi connectivity index (χ4v) is 2.21. The molecule has 0 saturated carbocycles. The summed E-state index contributed by atoms with van der Waals surface area (Å²) in [5.41, 5.74) is 0.0322. The van der Waals surface area contributed by atoms with Crippen molar-refractivity contribution < 1.29 is 23.3 Å². The Morgan fingerprint density at radius 2 is 2.00 bits per heavy atom. The number of halogens is 3. The Hall–Kier alpha value is -2.89. The molecule has 0 aliphatic heterocycles. The molecule has 0 radical (unpaired) electrons. The molecule has 0 saturated heterocycles. The van der Waals surface area contributed by atoms with Crippen LogP contribution < -0.4 is 10.6 Å². The van der Waals surface area contributed by atoms with Crippen molar-refractivity contribution in [1.29, 1.82) is 0 Å². The largest absolute Gasteiger partial charge is 0.404 e. The van der Waals surface area contributed by atoms with Gasteiger partial charge in [0.05, 0.1) is 17.8 Å². The molecule has 0 bridgehead atoms. The van der Waals surface area contributed by atoms with Crippen LogP contribution in [0.25, 0.3) is 0 Å². The van der Waals surface area contributed by atoms with Gasteiger partial charge in [-0.3, -0.25) is 9.59 Å². The highest BCUT2D eigenvalue weighted by atomic mass is 79.9. The predicted molar refractivity (Wildman–Crippen MR) is 84.6 cm³/mol. The Labute approximate surface area is 147 Å². The third-order valence-corrected chi connectivity index (χ3v) is 3.39. The Kier molecular flexibility index (Phi) is 5.75. The van der Waals surface area contributed by atoms with Crippen LogP contribution in [0.2, 0.25) is 0 Å². The van der Waals surface area contributed by atoms with Crippen molar-refractivity contribution in [2.24, 2.45) is 0 Å². The quantitative estimate of drug-likeness (QED) is 0.546. The third kappa shape index (κ3) is 5.04. The maximum atomic E-state index is 13.0. The number of aromatic nitrogens is 2. The van der Waals surface area contributed by atoms with Crippen LogP contribution in [0.1, 0.15) is 0 Å². The highest BCUT2D eigenvalue weighted by molar-refractivity contribution is 9.10. The molecule has 2 aromatic rings. The SMILES string of the molecule is O=C(Cn1cc(Br)c([N+](=O)[O-])n1)NCC(=O)Nc1ccc(F)c(F)c1. The molecular formula is C13H10BrF2N5O4. The summed E-state index contributed by atoms with van der Waals surface area (Å²) in [4.78, 5) is 33.3. The standard InChI is InChI=1S/C13H10BrF2N5O4/c14-8-5-20(19-13(8)21(24)25)6-12(23)17-4-11(22)18-7-1-2-9(15)10(16)3-7/h1-3,5H,4,6H2,(H,17,23)(H,18,22). The molecular weight excluding hydrogens is 408 g/mol. The Morgan fingerprint density at radius 3 is 2.60 bits per heavy atom. The number of rotatable bonds is 6. The first-order valence-corrected chi connectivity index (χ1v) is 7.44. The van der Waals surface area contributed by atoms with Gasteiger partial charge in [-0.1, -0.05) is 0 Å². The number of hydrogen-bond acceptors (Lipinski definition) is 5. The normalized spacial score (nSPS) is 10.4. The van der Waals surface area contributed by atoms with E-state index >= 15 is 0 Å². The summed E-state index contributed by atoms with van der Waals surface area (Å²) in [6.07, 6.45) is 1.25. The molecule has 1 aromatic carbocycles. The molecule has 0 fully saturated rings. The first-order chi connectivity index (χ1) is 11.8. The lowest BCUT2D eigenvalue weighted by atomic mass is 10.3. The summed E-state index contributed by atoms with van der Waals surface area (Å²) in [5.74, 6) is -3.89. The summed E-state index contributed by atoms with van der Waals surface area (Å²) >= 11 is 2.94. The fourth-order valence-electron chi connectivity index (χ4n) is 1.75.